The van der Waals surface area contributed by atoms with Crippen LogP contribution in [-0.2, 0) is 0 Å². The van der Waals surface area contributed by atoms with Crippen LogP contribution >= 0.6 is 46.4 Å². The van der Waals surface area contributed by atoms with E-state index in [4.69, 9.17) is 46.4 Å². The van der Waals surface area contributed by atoms with Gasteiger partial charge in [0.1, 0.15) is 0 Å². The SMILES string of the molecule is CN(C)CC(=O)c1c(Cl)c(Cl)cc(Cl)c1Cl. The molecule has 0 atom stereocenters. The molecule has 6 heteroatoms. The normalized spacial score (nSPS) is 10.9. The van der Waals surface area contributed by atoms with Crippen molar-refractivity contribution in [3.8, 4) is 0 Å². The van der Waals surface area contributed by atoms with Gasteiger partial charge in [0.05, 0.1) is 32.2 Å². The van der Waals surface area contributed by atoms with Crippen molar-refractivity contribution in [1.29, 1.82) is 0 Å². The van der Waals surface area contributed by atoms with Crippen molar-refractivity contribution in [2.45, 2.75) is 0 Å². The van der Waals surface area contributed by atoms with Gasteiger partial charge in [0, 0.05) is 0 Å². The van der Waals surface area contributed by atoms with Crippen LogP contribution in [0.4, 0.5) is 0 Å². The molecule has 0 saturated carbocycles. The summed E-state index contributed by atoms with van der Waals surface area (Å²) in [6, 6.07) is 1.42. The third kappa shape index (κ3) is 3.02. The molecule has 16 heavy (non-hydrogen) atoms. The number of hydrogen-bond acceptors (Lipinski definition) is 2. The van der Waals surface area contributed by atoms with Crippen molar-refractivity contribution in [2.24, 2.45) is 0 Å². The zero-order valence-corrected chi connectivity index (χ0v) is 11.7. The van der Waals surface area contributed by atoms with E-state index >= 15 is 0 Å². The minimum Gasteiger partial charge on any atom is -0.302 e. The third-order valence-electron chi connectivity index (χ3n) is 1.85. The summed E-state index contributed by atoms with van der Waals surface area (Å²) in [7, 11) is 3.54. The minimum atomic E-state index is -0.218. The smallest absolute Gasteiger partial charge is 0.179 e. The van der Waals surface area contributed by atoms with Gasteiger partial charge in [-0.15, -0.1) is 0 Å². The topological polar surface area (TPSA) is 20.3 Å². The second-order valence-electron chi connectivity index (χ2n) is 3.50. The summed E-state index contributed by atoms with van der Waals surface area (Å²) in [5, 5.41) is 0.724. The lowest BCUT2D eigenvalue weighted by Gasteiger charge is -2.12. The average Bonchev–Trinajstić information content (AvgIpc) is 2.14. The summed E-state index contributed by atoms with van der Waals surface area (Å²) in [4.78, 5) is 13.6. The molecule has 2 nitrogen and oxygen atoms in total. The Morgan fingerprint density at radius 1 is 1.12 bits per heavy atom. The van der Waals surface area contributed by atoms with Crippen LogP contribution < -0.4 is 0 Å². The highest BCUT2D eigenvalue weighted by Crippen LogP contribution is 2.37. The Balaban J connectivity index is 3.27. The van der Waals surface area contributed by atoms with Gasteiger partial charge >= 0.3 is 0 Å². The van der Waals surface area contributed by atoms with Crippen molar-refractivity contribution >= 4 is 52.2 Å². The van der Waals surface area contributed by atoms with E-state index in [1.54, 1.807) is 19.0 Å². The average molecular weight is 301 g/mol. The number of ketones is 1. The predicted molar refractivity (Wildman–Crippen MR) is 69.4 cm³/mol. The molecular weight excluding hydrogens is 292 g/mol. The lowest BCUT2D eigenvalue weighted by atomic mass is 10.1. The standard InChI is InChI=1S/C10H9Cl4NO/c1-15(2)4-7(16)8-9(13)5(11)3-6(12)10(8)14/h3H,4H2,1-2H3. The number of Topliss-reactive ketones (excluding diaryl/α,β-unsaturated/α-hetero) is 1. The number of nitrogens with zero attached hydrogens (tertiary/aromatic N) is 1. The van der Waals surface area contributed by atoms with Crippen LogP contribution in [0.3, 0.4) is 0 Å². The first-order valence-electron chi connectivity index (χ1n) is 4.35. The second-order valence-corrected chi connectivity index (χ2v) is 5.07. The van der Waals surface area contributed by atoms with Gasteiger partial charge in [-0.1, -0.05) is 46.4 Å². The molecule has 0 aliphatic carbocycles. The molecule has 0 N–H and O–H groups in total. The molecule has 0 aromatic heterocycles. The quantitative estimate of drug-likeness (QED) is 0.620. The number of hydrogen-bond donors (Lipinski definition) is 0. The Morgan fingerprint density at radius 3 is 1.94 bits per heavy atom. The highest BCUT2D eigenvalue weighted by atomic mass is 35.5. The van der Waals surface area contributed by atoms with Gasteiger partial charge in [-0.2, -0.15) is 0 Å². The minimum absolute atomic E-state index is 0.142. The number of carbonyl (C=O) groups excluding carboxylic acids is 1. The molecule has 1 rings (SSSR count). The number of carbonyl (C=O) groups is 1. The molecule has 0 fully saturated rings. The fraction of sp³-hybridized carbons (Fsp3) is 0.300. The van der Waals surface area contributed by atoms with Gasteiger partial charge in [0.25, 0.3) is 0 Å². The van der Waals surface area contributed by atoms with Crippen LogP contribution in [-0.4, -0.2) is 31.3 Å². The second kappa shape index (κ2) is 5.56. The van der Waals surface area contributed by atoms with Gasteiger partial charge < -0.3 is 4.90 Å². The molecule has 0 radical (unpaired) electrons. The molecule has 1 aromatic carbocycles. The van der Waals surface area contributed by atoms with Crippen LogP contribution in [0, 0.1) is 0 Å². The highest BCUT2D eigenvalue weighted by Gasteiger charge is 2.20. The molecule has 0 saturated heterocycles. The number of halogens is 4. The van der Waals surface area contributed by atoms with Crippen molar-refractivity contribution in [1.82, 2.24) is 4.90 Å². The summed E-state index contributed by atoms with van der Waals surface area (Å²) in [6.07, 6.45) is 0. The Bertz CT molecular complexity index is 405. The first-order chi connectivity index (χ1) is 7.34. The third-order valence-corrected chi connectivity index (χ3v) is 3.43. The zero-order valence-electron chi connectivity index (χ0n) is 8.65. The van der Waals surface area contributed by atoms with Gasteiger partial charge in [-0.3, -0.25) is 4.79 Å². The van der Waals surface area contributed by atoms with Gasteiger partial charge in [0.15, 0.2) is 5.78 Å². The number of benzene rings is 1. The van der Waals surface area contributed by atoms with Gasteiger partial charge in [-0.05, 0) is 20.2 Å². The van der Waals surface area contributed by atoms with E-state index in [2.05, 4.69) is 0 Å². The predicted octanol–water partition coefficient (Wildman–Crippen LogP) is 4.04. The fourth-order valence-corrected chi connectivity index (χ4v) is 2.20. The molecule has 0 amide bonds. The molecule has 0 bridgehead atoms. The molecule has 0 spiro atoms. The summed E-state index contributed by atoms with van der Waals surface area (Å²) < 4.78 is 0. The van der Waals surface area contributed by atoms with Gasteiger partial charge in [0.2, 0.25) is 0 Å². The molecule has 0 heterocycles. The molecule has 1 aromatic rings. The van der Waals surface area contributed by atoms with E-state index in [-0.39, 0.29) is 38.0 Å². The molecule has 0 aliphatic rings. The van der Waals surface area contributed by atoms with E-state index in [0.29, 0.717) is 0 Å². The van der Waals surface area contributed by atoms with Crippen molar-refractivity contribution < 1.29 is 4.79 Å². The lowest BCUT2D eigenvalue weighted by molar-refractivity contribution is 0.0958. The van der Waals surface area contributed by atoms with Crippen molar-refractivity contribution in [2.75, 3.05) is 20.6 Å². The van der Waals surface area contributed by atoms with Crippen LogP contribution in [0.1, 0.15) is 10.4 Å². The largest absolute Gasteiger partial charge is 0.302 e. The first-order valence-corrected chi connectivity index (χ1v) is 5.86. The van der Waals surface area contributed by atoms with Crippen LogP contribution in [0.25, 0.3) is 0 Å². The van der Waals surface area contributed by atoms with Crippen LogP contribution in [0.15, 0.2) is 6.07 Å². The summed E-state index contributed by atoms with van der Waals surface area (Å²) in [5.41, 5.74) is 0.175. The Morgan fingerprint density at radius 2 is 1.56 bits per heavy atom. The molecule has 0 aliphatic heterocycles. The monoisotopic (exact) mass is 299 g/mol. The van der Waals surface area contributed by atoms with Crippen LogP contribution in [0.2, 0.25) is 20.1 Å². The van der Waals surface area contributed by atoms with Gasteiger partial charge in [-0.25, -0.2) is 0 Å². The van der Waals surface area contributed by atoms with Crippen molar-refractivity contribution in [3.05, 3.63) is 31.7 Å². The van der Waals surface area contributed by atoms with Crippen LogP contribution in [0.5, 0.6) is 0 Å². The van der Waals surface area contributed by atoms with E-state index in [1.807, 2.05) is 0 Å². The van der Waals surface area contributed by atoms with E-state index < -0.39 is 0 Å². The van der Waals surface area contributed by atoms with E-state index in [9.17, 15) is 4.79 Å². The van der Waals surface area contributed by atoms with E-state index in [1.165, 1.54) is 6.07 Å². The molecule has 0 unspecified atom stereocenters. The maximum absolute atomic E-state index is 11.9. The lowest BCUT2D eigenvalue weighted by Crippen LogP contribution is -2.22. The molecule has 88 valence electrons. The summed E-state index contributed by atoms with van der Waals surface area (Å²) >= 11 is 23.5. The summed E-state index contributed by atoms with van der Waals surface area (Å²) in [5.74, 6) is -0.218. The number of likely N-dealkylation sites (N-methyl/N-ethyl adjacent to an activating group) is 1. The molecular formula is C10H9Cl4NO. The Hall–Kier alpha value is 0.01000. The fourth-order valence-electron chi connectivity index (χ4n) is 1.18. The maximum Gasteiger partial charge on any atom is 0.179 e. The Kier molecular flexibility index (Phi) is 4.89. The van der Waals surface area contributed by atoms with E-state index in [0.717, 1.165) is 0 Å². The summed E-state index contributed by atoms with van der Waals surface area (Å²) in [6.45, 7) is 0.191. The first kappa shape index (κ1) is 14.1. The maximum atomic E-state index is 11.9. The van der Waals surface area contributed by atoms with Crippen molar-refractivity contribution in [3.63, 3.8) is 0 Å². The highest BCUT2D eigenvalue weighted by molar-refractivity contribution is 6.50. The number of rotatable bonds is 3. The Labute approximate surface area is 114 Å². The zero-order chi connectivity index (χ0) is 12.5.